The lowest BCUT2D eigenvalue weighted by Crippen LogP contribution is -2.44. The van der Waals surface area contributed by atoms with Crippen LogP contribution >= 0.6 is 0 Å². The highest BCUT2D eigenvalue weighted by molar-refractivity contribution is 6.01. The molecule has 1 saturated carbocycles. The van der Waals surface area contributed by atoms with E-state index in [0.29, 0.717) is 18.3 Å². The molecule has 2 saturated heterocycles. The van der Waals surface area contributed by atoms with Crippen molar-refractivity contribution in [3.8, 4) is 5.75 Å². The molecule has 2 aromatic rings. The average molecular weight is 492 g/mol. The van der Waals surface area contributed by atoms with Crippen molar-refractivity contribution in [2.75, 3.05) is 31.1 Å². The first-order valence-electron chi connectivity index (χ1n) is 13.5. The number of nitrogens with one attached hydrogen (secondary N) is 1. The van der Waals surface area contributed by atoms with Crippen LogP contribution in [-0.4, -0.2) is 59.2 Å². The molecule has 1 aliphatic carbocycles. The van der Waals surface area contributed by atoms with Crippen molar-refractivity contribution in [3.05, 3.63) is 42.1 Å². The molecule has 2 amide bonds. The van der Waals surface area contributed by atoms with E-state index in [1.165, 1.54) is 19.3 Å². The van der Waals surface area contributed by atoms with E-state index in [2.05, 4.69) is 15.5 Å². The van der Waals surface area contributed by atoms with Crippen molar-refractivity contribution in [2.24, 2.45) is 11.8 Å². The molecule has 0 unspecified atom stereocenters. The zero-order valence-electron chi connectivity index (χ0n) is 21.2. The zero-order chi connectivity index (χ0) is 24.9. The van der Waals surface area contributed by atoms with E-state index in [0.717, 1.165) is 68.9 Å². The van der Waals surface area contributed by atoms with Gasteiger partial charge in [0.25, 0.3) is 0 Å². The number of benzene rings is 1. The number of likely N-dealkylation sites (tertiary alicyclic amines) is 1. The summed E-state index contributed by atoms with van der Waals surface area (Å²) in [6.45, 7) is 4.94. The molecule has 0 radical (unpaired) electrons. The Bertz CT molecular complexity index is 1020. The summed E-state index contributed by atoms with van der Waals surface area (Å²) in [7, 11) is 0. The van der Waals surface area contributed by atoms with Crippen molar-refractivity contribution < 1.29 is 14.3 Å². The van der Waals surface area contributed by atoms with E-state index in [1.807, 2.05) is 48.2 Å². The minimum atomic E-state index is -0.0782. The minimum absolute atomic E-state index is 0.0295. The zero-order valence-corrected chi connectivity index (χ0v) is 21.2. The number of rotatable bonds is 6. The number of hydrogen-bond donors (Lipinski definition) is 1. The van der Waals surface area contributed by atoms with Crippen LogP contribution in [0.3, 0.4) is 0 Å². The highest BCUT2D eigenvalue weighted by Crippen LogP contribution is 2.31. The number of carbonyl (C=O) groups is 2. The van der Waals surface area contributed by atoms with Gasteiger partial charge in [-0.2, -0.15) is 5.10 Å². The number of amides is 2. The Hall–Kier alpha value is -3.00. The Morgan fingerprint density at radius 2 is 1.67 bits per heavy atom. The van der Waals surface area contributed by atoms with Crippen molar-refractivity contribution in [3.63, 3.8) is 0 Å². The van der Waals surface area contributed by atoms with E-state index in [4.69, 9.17) is 4.74 Å². The maximum absolute atomic E-state index is 13.4. The lowest BCUT2D eigenvalue weighted by atomic mass is 9.88. The second-order valence-corrected chi connectivity index (χ2v) is 10.4. The number of aryl methyl sites for hydroxylation is 1. The number of carbonyl (C=O) groups excluding carboxylic acids is 2. The molecule has 8 nitrogen and oxygen atoms in total. The van der Waals surface area contributed by atoms with E-state index >= 15 is 0 Å². The van der Waals surface area contributed by atoms with Crippen LogP contribution in [0.2, 0.25) is 0 Å². The van der Waals surface area contributed by atoms with E-state index < -0.39 is 0 Å². The van der Waals surface area contributed by atoms with Crippen molar-refractivity contribution in [1.29, 1.82) is 0 Å². The summed E-state index contributed by atoms with van der Waals surface area (Å²) in [5.74, 6) is 1.83. The van der Waals surface area contributed by atoms with Gasteiger partial charge in [-0.05, 0) is 69.1 Å². The van der Waals surface area contributed by atoms with Crippen LogP contribution in [0, 0.1) is 18.8 Å². The van der Waals surface area contributed by atoms with Gasteiger partial charge in [-0.25, -0.2) is 0 Å². The highest BCUT2D eigenvalue weighted by Gasteiger charge is 2.31. The van der Waals surface area contributed by atoms with Crippen LogP contribution in [0.5, 0.6) is 5.75 Å². The molecule has 192 valence electrons. The monoisotopic (exact) mass is 491 g/mol. The molecule has 1 N–H and O–H groups in total. The maximum atomic E-state index is 13.4. The van der Waals surface area contributed by atoms with Gasteiger partial charge in [0, 0.05) is 38.4 Å². The summed E-state index contributed by atoms with van der Waals surface area (Å²) in [5, 5.41) is 11.7. The number of piperidine rings is 1. The number of aromatic nitrogens is 2. The first kappa shape index (κ1) is 24.7. The Morgan fingerprint density at radius 3 is 2.31 bits per heavy atom. The summed E-state index contributed by atoms with van der Waals surface area (Å²) >= 11 is 0. The van der Waals surface area contributed by atoms with Gasteiger partial charge in [0.1, 0.15) is 11.9 Å². The highest BCUT2D eigenvalue weighted by atomic mass is 16.5. The summed E-state index contributed by atoms with van der Waals surface area (Å²) in [6.07, 6.45) is 8.33. The topological polar surface area (TPSA) is 87.7 Å². The first-order chi connectivity index (χ1) is 17.6. The molecule has 3 fully saturated rings. The molecule has 1 aromatic carbocycles. The van der Waals surface area contributed by atoms with Crippen LogP contribution in [0.25, 0.3) is 0 Å². The van der Waals surface area contributed by atoms with Gasteiger partial charge in [-0.1, -0.05) is 19.3 Å². The molecule has 0 spiro atoms. The average Bonchev–Trinajstić information content (AvgIpc) is 3.47. The lowest BCUT2D eigenvalue weighted by molar-refractivity contribution is -0.138. The van der Waals surface area contributed by atoms with Gasteiger partial charge in [-0.3, -0.25) is 14.5 Å². The minimum Gasteiger partial charge on any atom is -0.490 e. The first-order valence-corrected chi connectivity index (χ1v) is 13.5. The molecule has 0 bridgehead atoms. The van der Waals surface area contributed by atoms with E-state index in [1.54, 1.807) is 4.90 Å². The molecule has 3 aliphatic rings. The SMILES string of the molecule is Cc1ccc(N(C(=O)[C@H]2CCNC2)c2ccc(OC3CCN(C(=O)C4CCCCC4)CC3)cc2)nn1. The molecule has 8 heteroatoms. The summed E-state index contributed by atoms with van der Waals surface area (Å²) < 4.78 is 6.27. The van der Waals surface area contributed by atoms with Gasteiger partial charge in [0.05, 0.1) is 17.3 Å². The number of ether oxygens (including phenoxy) is 1. The Morgan fingerprint density at radius 1 is 0.917 bits per heavy atom. The fourth-order valence-electron chi connectivity index (χ4n) is 5.60. The predicted octanol–water partition coefficient (Wildman–Crippen LogP) is 4.01. The molecule has 1 aromatic heterocycles. The van der Waals surface area contributed by atoms with Crippen LogP contribution < -0.4 is 15.0 Å². The van der Waals surface area contributed by atoms with Crippen LogP contribution in [-0.2, 0) is 9.59 Å². The Balaban J connectivity index is 1.21. The van der Waals surface area contributed by atoms with Gasteiger partial charge in [0.15, 0.2) is 5.82 Å². The molecule has 2 aliphatic heterocycles. The third kappa shape index (κ3) is 5.69. The quantitative estimate of drug-likeness (QED) is 0.657. The normalized spacial score (nSPS) is 21.4. The number of anilines is 2. The number of hydrogen-bond acceptors (Lipinski definition) is 6. The third-order valence-electron chi connectivity index (χ3n) is 7.75. The fourth-order valence-corrected chi connectivity index (χ4v) is 5.60. The Labute approximate surface area is 213 Å². The fraction of sp³-hybridized carbons (Fsp3) is 0.571. The summed E-state index contributed by atoms with van der Waals surface area (Å²) in [4.78, 5) is 29.9. The van der Waals surface area contributed by atoms with Crippen LogP contribution in [0.15, 0.2) is 36.4 Å². The smallest absolute Gasteiger partial charge is 0.237 e. The Kier molecular flexibility index (Phi) is 7.80. The molecule has 36 heavy (non-hydrogen) atoms. The second-order valence-electron chi connectivity index (χ2n) is 10.4. The van der Waals surface area contributed by atoms with E-state index in [9.17, 15) is 9.59 Å². The van der Waals surface area contributed by atoms with E-state index in [-0.39, 0.29) is 23.8 Å². The van der Waals surface area contributed by atoms with Crippen molar-refractivity contribution in [2.45, 2.75) is 64.4 Å². The third-order valence-corrected chi connectivity index (χ3v) is 7.75. The largest absolute Gasteiger partial charge is 0.490 e. The van der Waals surface area contributed by atoms with Crippen LogP contribution in [0.1, 0.15) is 57.1 Å². The second kappa shape index (κ2) is 11.4. The molecule has 5 rings (SSSR count). The predicted molar refractivity (Wildman–Crippen MR) is 138 cm³/mol. The van der Waals surface area contributed by atoms with Crippen molar-refractivity contribution >= 4 is 23.3 Å². The number of nitrogens with zero attached hydrogens (tertiary/aromatic N) is 4. The summed E-state index contributed by atoms with van der Waals surface area (Å²) in [5.41, 5.74) is 1.56. The summed E-state index contributed by atoms with van der Waals surface area (Å²) in [6, 6.07) is 11.4. The van der Waals surface area contributed by atoms with Gasteiger partial charge < -0.3 is 15.0 Å². The molecular weight excluding hydrogens is 454 g/mol. The standard InChI is InChI=1S/C28H37N5O3/c1-20-7-12-26(31-30-20)33(28(35)22-13-16-29-19-22)23-8-10-24(11-9-23)36-25-14-17-32(18-15-25)27(34)21-5-3-2-4-6-21/h7-12,21-22,25,29H,2-6,13-19H2,1H3/t22-/m0/s1. The van der Waals surface area contributed by atoms with Gasteiger partial charge >= 0.3 is 0 Å². The lowest BCUT2D eigenvalue weighted by Gasteiger charge is -2.35. The van der Waals surface area contributed by atoms with Crippen molar-refractivity contribution in [1.82, 2.24) is 20.4 Å². The maximum Gasteiger partial charge on any atom is 0.237 e. The van der Waals surface area contributed by atoms with Crippen LogP contribution in [0.4, 0.5) is 11.5 Å². The molecule has 1 atom stereocenters. The van der Waals surface area contributed by atoms with Gasteiger partial charge in [-0.15, -0.1) is 5.10 Å². The molecule has 3 heterocycles. The van der Waals surface area contributed by atoms with Gasteiger partial charge in [0.2, 0.25) is 11.8 Å². The molecular formula is C28H37N5O3.